The third-order valence-electron chi connectivity index (χ3n) is 5.62. The zero-order valence-electron chi connectivity index (χ0n) is 15.0. The van der Waals surface area contributed by atoms with Crippen LogP contribution < -0.4 is 5.32 Å². The minimum atomic E-state index is -0.0488. The number of carbonyl (C=O) groups excluding carboxylic acids is 2. The van der Waals surface area contributed by atoms with Gasteiger partial charge in [-0.05, 0) is 43.0 Å². The minimum Gasteiger partial charge on any atom is -0.356 e. The second-order valence-corrected chi connectivity index (χ2v) is 8.45. The molecule has 138 valence electrons. The Balaban J connectivity index is 1.38. The van der Waals surface area contributed by atoms with Gasteiger partial charge in [-0.15, -0.1) is 11.3 Å². The topological polar surface area (TPSA) is 49.4 Å². The van der Waals surface area contributed by atoms with Gasteiger partial charge in [-0.2, -0.15) is 0 Å². The molecule has 1 aliphatic heterocycles. The first-order valence-corrected chi connectivity index (χ1v) is 10.7. The SMILES string of the molecule is O=C(NCCCC1CCCCC1)C1CCCN(C(=O)c2cccs2)C1. The summed E-state index contributed by atoms with van der Waals surface area (Å²) >= 11 is 1.47. The van der Waals surface area contributed by atoms with Crippen molar-refractivity contribution in [3.05, 3.63) is 22.4 Å². The fourth-order valence-corrected chi connectivity index (χ4v) is 4.84. The van der Waals surface area contributed by atoms with Gasteiger partial charge in [0.1, 0.15) is 0 Å². The van der Waals surface area contributed by atoms with Crippen LogP contribution >= 0.6 is 11.3 Å². The van der Waals surface area contributed by atoms with E-state index in [0.717, 1.165) is 43.1 Å². The molecule has 1 unspecified atom stereocenters. The molecule has 4 nitrogen and oxygen atoms in total. The third-order valence-corrected chi connectivity index (χ3v) is 6.48. The zero-order valence-corrected chi connectivity index (χ0v) is 15.9. The average molecular weight is 363 g/mol. The van der Waals surface area contributed by atoms with E-state index in [4.69, 9.17) is 0 Å². The fraction of sp³-hybridized carbons (Fsp3) is 0.700. The molecule has 1 aromatic heterocycles. The van der Waals surface area contributed by atoms with Crippen LogP contribution in [-0.2, 0) is 4.79 Å². The molecule has 2 amide bonds. The maximum Gasteiger partial charge on any atom is 0.263 e. The highest BCUT2D eigenvalue weighted by Gasteiger charge is 2.29. The van der Waals surface area contributed by atoms with Crippen molar-refractivity contribution in [2.75, 3.05) is 19.6 Å². The molecular formula is C20H30N2O2S. The summed E-state index contributed by atoms with van der Waals surface area (Å²) in [6, 6.07) is 3.76. The summed E-state index contributed by atoms with van der Waals surface area (Å²) in [5, 5.41) is 5.04. The first kappa shape index (κ1) is 18.4. The number of nitrogens with zero attached hydrogens (tertiary/aromatic N) is 1. The predicted octanol–water partition coefficient (Wildman–Crippen LogP) is 4.08. The molecule has 1 atom stereocenters. The Morgan fingerprint density at radius 1 is 1.16 bits per heavy atom. The van der Waals surface area contributed by atoms with E-state index in [1.165, 1.54) is 49.9 Å². The van der Waals surface area contributed by atoms with Gasteiger partial charge >= 0.3 is 0 Å². The smallest absolute Gasteiger partial charge is 0.263 e. The van der Waals surface area contributed by atoms with E-state index in [1.807, 2.05) is 22.4 Å². The molecule has 5 heteroatoms. The normalized spacial score (nSPS) is 21.9. The van der Waals surface area contributed by atoms with Crippen molar-refractivity contribution in [1.29, 1.82) is 0 Å². The van der Waals surface area contributed by atoms with Crippen molar-refractivity contribution in [2.24, 2.45) is 11.8 Å². The number of rotatable bonds is 6. The first-order valence-electron chi connectivity index (χ1n) is 9.84. The highest BCUT2D eigenvalue weighted by atomic mass is 32.1. The van der Waals surface area contributed by atoms with Crippen LogP contribution in [0.1, 0.15) is 67.5 Å². The number of thiophene rings is 1. The second kappa shape index (κ2) is 9.37. The van der Waals surface area contributed by atoms with Gasteiger partial charge in [-0.3, -0.25) is 9.59 Å². The molecule has 2 heterocycles. The van der Waals surface area contributed by atoms with E-state index >= 15 is 0 Å². The summed E-state index contributed by atoms with van der Waals surface area (Å²) in [5.41, 5.74) is 0. The lowest BCUT2D eigenvalue weighted by molar-refractivity contribution is -0.126. The van der Waals surface area contributed by atoms with E-state index in [2.05, 4.69) is 5.32 Å². The van der Waals surface area contributed by atoms with Crippen LogP contribution in [0.5, 0.6) is 0 Å². The van der Waals surface area contributed by atoms with Crippen LogP contribution in [0.25, 0.3) is 0 Å². The molecule has 0 bridgehead atoms. The highest BCUT2D eigenvalue weighted by Crippen LogP contribution is 2.27. The van der Waals surface area contributed by atoms with Crippen molar-refractivity contribution >= 4 is 23.2 Å². The zero-order chi connectivity index (χ0) is 17.5. The fourth-order valence-electron chi connectivity index (χ4n) is 4.15. The Morgan fingerprint density at radius 2 is 2.00 bits per heavy atom. The molecule has 0 aromatic carbocycles. The molecule has 1 N–H and O–H groups in total. The predicted molar refractivity (Wildman–Crippen MR) is 102 cm³/mol. The largest absolute Gasteiger partial charge is 0.356 e. The van der Waals surface area contributed by atoms with Crippen LogP contribution in [0.15, 0.2) is 17.5 Å². The molecule has 1 aromatic rings. The van der Waals surface area contributed by atoms with E-state index in [0.29, 0.717) is 6.54 Å². The molecule has 25 heavy (non-hydrogen) atoms. The molecule has 0 spiro atoms. The third kappa shape index (κ3) is 5.30. The van der Waals surface area contributed by atoms with Crippen LogP contribution in [-0.4, -0.2) is 36.3 Å². The number of nitrogens with one attached hydrogen (secondary N) is 1. The quantitative estimate of drug-likeness (QED) is 0.775. The van der Waals surface area contributed by atoms with Crippen molar-refractivity contribution in [3.63, 3.8) is 0 Å². The molecular weight excluding hydrogens is 332 g/mol. The van der Waals surface area contributed by atoms with E-state index < -0.39 is 0 Å². The Morgan fingerprint density at radius 3 is 2.76 bits per heavy atom. The maximum absolute atomic E-state index is 12.5. The molecule has 0 radical (unpaired) electrons. The molecule has 2 fully saturated rings. The summed E-state index contributed by atoms with van der Waals surface area (Å²) in [6.07, 6.45) is 11.0. The van der Waals surface area contributed by atoms with Crippen molar-refractivity contribution in [1.82, 2.24) is 10.2 Å². The monoisotopic (exact) mass is 362 g/mol. The van der Waals surface area contributed by atoms with Crippen LogP contribution in [0.2, 0.25) is 0 Å². The van der Waals surface area contributed by atoms with Gasteiger partial charge in [0.2, 0.25) is 5.91 Å². The van der Waals surface area contributed by atoms with Crippen molar-refractivity contribution in [2.45, 2.75) is 57.8 Å². The van der Waals surface area contributed by atoms with Crippen molar-refractivity contribution < 1.29 is 9.59 Å². The van der Waals surface area contributed by atoms with Gasteiger partial charge in [0, 0.05) is 19.6 Å². The number of likely N-dealkylation sites (tertiary alicyclic amines) is 1. The lowest BCUT2D eigenvalue weighted by Crippen LogP contribution is -2.45. The van der Waals surface area contributed by atoms with Gasteiger partial charge in [-0.1, -0.05) is 38.2 Å². The van der Waals surface area contributed by atoms with E-state index in [1.54, 1.807) is 0 Å². The lowest BCUT2D eigenvalue weighted by Gasteiger charge is -2.31. The van der Waals surface area contributed by atoms with Gasteiger partial charge in [0.05, 0.1) is 10.8 Å². The first-order chi connectivity index (χ1) is 12.2. The Labute approximate surface area is 155 Å². The van der Waals surface area contributed by atoms with Crippen molar-refractivity contribution in [3.8, 4) is 0 Å². The standard InChI is InChI=1S/C20H30N2O2S/c23-19(21-12-4-9-16-7-2-1-3-8-16)17-10-5-13-22(15-17)20(24)18-11-6-14-25-18/h6,11,14,16-17H,1-5,7-10,12-13,15H2,(H,21,23). The number of piperidine rings is 1. The number of hydrogen-bond acceptors (Lipinski definition) is 3. The molecule has 1 aliphatic carbocycles. The second-order valence-electron chi connectivity index (χ2n) is 7.50. The molecule has 2 aliphatic rings. The Bertz CT molecular complexity index is 552. The van der Waals surface area contributed by atoms with Crippen LogP contribution in [0.3, 0.4) is 0 Å². The van der Waals surface area contributed by atoms with E-state index in [-0.39, 0.29) is 17.7 Å². The number of amides is 2. The minimum absolute atomic E-state index is 0.0488. The maximum atomic E-state index is 12.5. The van der Waals surface area contributed by atoms with Gasteiger partial charge in [-0.25, -0.2) is 0 Å². The summed E-state index contributed by atoms with van der Waals surface area (Å²) in [4.78, 5) is 27.5. The van der Waals surface area contributed by atoms with E-state index in [9.17, 15) is 9.59 Å². The van der Waals surface area contributed by atoms with Crippen LogP contribution in [0, 0.1) is 11.8 Å². The highest BCUT2D eigenvalue weighted by molar-refractivity contribution is 7.12. The van der Waals surface area contributed by atoms with Gasteiger partial charge in [0.25, 0.3) is 5.91 Å². The summed E-state index contributed by atoms with van der Waals surface area (Å²) in [6.45, 7) is 2.11. The Kier molecular flexibility index (Phi) is 6.91. The van der Waals surface area contributed by atoms with Crippen LogP contribution in [0.4, 0.5) is 0 Å². The molecule has 1 saturated heterocycles. The summed E-state index contributed by atoms with van der Waals surface area (Å²) in [7, 11) is 0. The molecule has 1 saturated carbocycles. The van der Waals surface area contributed by atoms with Gasteiger partial charge in [0.15, 0.2) is 0 Å². The average Bonchev–Trinajstić information content (AvgIpc) is 3.20. The lowest BCUT2D eigenvalue weighted by atomic mass is 9.86. The number of carbonyl (C=O) groups is 2. The number of hydrogen-bond donors (Lipinski definition) is 1. The Hall–Kier alpha value is -1.36. The van der Waals surface area contributed by atoms with Gasteiger partial charge < -0.3 is 10.2 Å². The molecule has 3 rings (SSSR count). The summed E-state index contributed by atoms with van der Waals surface area (Å²) < 4.78 is 0. The summed E-state index contributed by atoms with van der Waals surface area (Å²) in [5.74, 6) is 1.03.